The van der Waals surface area contributed by atoms with Gasteiger partial charge in [0.1, 0.15) is 34.4 Å². The number of nitrogens with zero attached hydrogens (tertiary/aromatic N) is 1. The molecule has 9 heteroatoms. The Labute approximate surface area is 257 Å². The largest absolute Gasteiger partial charge is 0.494 e. The summed E-state index contributed by atoms with van der Waals surface area (Å²) in [7, 11) is -0.619. The second-order valence-corrected chi connectivity index (χ2v) is 12.3. The highest BCUT2D eigenvalue weighted by atomic mass is 19.1. The van der Waals surface area contributed by atoms with Crippen LogP contribution < -0.4 is 10.4 Å². The van der Waals surface area contributed by atoms with Crippen molar-refractivity contribution in [1.82, 2.24) is 0 Å². The first kappa shape index (κ1) is 29.1. The number of anilines is 3. The second-order valence-electron chi connectivity index (χ2n) is 12.3. The number of furan rings is 1. The maximum Gasteiger partial charge on any atom is 0.494 e. The lowest BCUT2D eigenvalue weighted by molar-refractivity contribution is 0.00578. The number of halogens is 4. The lowest BCUT2D eigenvalue weighted by atomic mass is 9.78. The highest BCUT2D eigenvalue weighted by molar-refractivity contribution is 6.62. The van der Waals surface area contributed by atoms with Crippen molar-refractivity contribution in [3.63, 3.8) is 0 Å². The molecule has 0 atom stereocenters. The third-order valence-electron chi connectivity index (χ3n) is 8.66. The van der Waals surface area contributed by atoms with E-state index in [0.717, 1.165) is 52.8 Å². The van der Waals surface area contributed by atoms with Gasteiger partial charge in [0.15, 0.2) is 0 Å². The second kappa shape index (κ2) is 10.5. The van der Waals surface area contributed by atoms with Gasteiger partial charge in [-0.15, -0.1) is 0 Å². The zero-order chi connectivity index (χ0) is 31.7. The minimum Gasteiger partial charge on any atom is -0.455 e. The SMILES string of the molecule is CC1(C)OB(c2cccc(-c3cc(N(c4cc(F)cc(F)c4)c4cc(F)cc(F)c4)cc4c3oc3ccccc34)c2)OC1(C)C. The molecule has 1 aliphatic heterocycles. The van der Waals surface area contributed by atoms with E-state index in [4.69, 9.17) is 13.7 Å². The zero-order valence-corrected chi connectivity index (χ0v) is 25.0. The third kappa shape index (κ3) is 5.16. The van der Waals surface area contributed by atoms with Crippen LogP contribution in [0.1, 0.15) is 27.7 Å². The maximum absolute atomic E-state index is 14.6. The fourth-order valence-electron chi connectivity index (χ4n) is 5.77. The summed E-state index contributed by atoms with van der Waals surface area (Å²) in [5, 5.41) is 1.51. The van der Waals surface area contributed by atoms with Crippen LogP contribution in [0.3, 0.4) is 0 Å². The minimum absolute atomic E-state index is 0.0431. The van der Waals surface area contributed by atoms with Crippen molar-refractivity contribution in [2.45, 2.75) is 38.9 Å². The quantitative estimate of drug-likeness (QED) is 0.144. The first-order valence-corrected chi connectivity index (χ1v) is 14.5. The number of fused-ring (bicyclic) bond motifs is 3. The van der Waals surface area contributed by atoms with Gasteiger partial charge in [0, 0.05) is 34.2 Å². The van der Waals surface area contributed by atoms with Gasteiger partial charge in [0.05, 0.1) is 22.6 Å². The van der Waals surface area contributed by atoms with E-state index in [-0.39, 0.29) is 11.4 Å². The Morgan fingerprint density at radius 1 is 0.578 bits per heavy atom. The fraction of sp³-hybridized carbons (Fsp3) is 0.167. The summed E-state index contributed by atoms with van der Waals surface area (Å²) in [5.74, 6) is -3.34. The van der Waals surface area contributed by atoms with Crippen molar-refractivity contribution < 1.29 is 31.3 Å². The molecule has 0 radical (unpaired) electrons. The van der Waals surface area contributed by atoms with Crippen molar-refractivity contribution in [3.8, 4) is 11.1 Å². The molecule has 1 saturated heterocycles. The van der Waals surface area contributed by atoms with E-state index in [1.165, 1.54) is 4.90 Å². The normalized spacial score (nSPS) is 15.7. The molecule has 4 nitrogen and oxygen atoms in total. The van der Waals surface area contributed by atoms with Crippen LogP contribution in [0, 0.1) is 23.3 Å². The molecular formula is C36H28BF4NO3. The molecule has 5 aromatic carbocycles. The van der Waals surface area contributed by atoms with Gasteiger partial charge in [-0.05, 0) is 81.2 Å². The smallest absolute Gasteiger partial charge is 0.455 e. The third-order valence-corrected chi connectivity index (χ3v) is 8.66. The summed E-state index contributed by atoms with van der Waals surface area (Å²) < 4.78 is 77.3. The van der Waals surface area contributed by atoms with Gasteiger partial charge in [0.2, 0.25) is 0 Å². The molecule has 7 rings (SSSR count). The lowest BCUT2D eigenvalue weighted by Crippen LogP contribution is -2.41. The number of rotatable bonds is 5. The maximum atomic E-state index is 14.6. The van der Waals surface area contributed by atoms with Crippen molar-refractivity contribution in [3.05, 3.63) is 120 Å². The van der Waals surface area contributed by atoms with Crippen molar-refractivity contribution in [2.75, 3.05) is 4.90 Å². The minimum atomic E-state index is -0.836. The van der Waals surface area contributed by atoms with Crippen LogP contribution in [-0.4, -0.2) is 18.3 Å². The van der Waals surface area contributed by atoms with Crippen molar-refractivity contribution >= 4 is 51.6 Å². The monoisotopic (exact) mass is 609 g/mol. The Kier molecular flexibility index (Phi) is 6.80. The zero-order valence-electron chi connectivity index (χ0n) is 25.0. The number of hydrogen-bond acceptors (Lipinski definition) is 4. The van der Waals surface area contributed by atoms with Gasteiger partial charge in [-0.3, -0.25) is 0 Å². The summed E-state index contributed by atoms with van der Waals surface area (Å²) >= 11 is 0. The molecule has 0 N–H and O–H groups in total. The fourth-order valence-corrected chi connectivity index (χ4v) is 5.77. The molecule has 1 fully saturated rings. The molecule has 1 aromatic heterocycles. The van der Waals surface area contributed by atoms with E-state index in [9.17, 15) is 17.6 Å². The van der Waals surface area contributed by atoms with Gasteiger partial charge >= 0.3 is 7.12 Å². The molecule has 2 heterocycles. The molecule has 0 unspecified atom stereocenters. The van der Waals surface area contributed by atoms with Gasteiger partial charge in [-0.1, -0.05) is 42.5 Å². The summed E-state index contributed by atoms with van der Waals surface area (Å²) in [4.78, 5) is 1.42. The Hall–Kier alpha value is -4.60. The molecule has 1 aliphatic rings. The highest BCUT2D eigenvalue weighted by Crippen LogP contribution is 2.44. The molecule has 45 heavy (non-hydrogen) atoms. The highest BCUT2D eigenvalue weighted by Gasteiger charge is 2.51. The summed E-state index contributed by atoms with van der Waals surface area (Å²) in [6, 6.07) is 24.7. The van der Waals surface area contributed by atoms with E-state index in [1.807, 2.05) is 76.2 Å². The molecular weight excluding hydrogens is 581 g/mol. The molecule has 0 amide bonds. The summed E-state index contributed by atoms with van der Waals surface area (Å²) in [5.41, 5.74) is 2.80. The first-order chi connectivity index (χ1) is 21.4. The Balaban J connectivity index is 1.48. The van der Waals surface area contributed by atoms with E-state index < -0.39 is 41.6 Å². The van der Waals surface area contributed by atoms with Crippen LogP contribution in [-0.2, 0) is 9.31 Å². The summed E-state index contributed by atoms with van der Waals surface area (Å²) in [6.07, 6.45) is 0. The number of hydrogen-bond donors (Lipinski definition) is 0. The van der Waals surface area contributed by atoms with Gasteiger partial charge in [-0.25, -0.2) is 17.6 Å². The summed E-state index contributed by atoms with van der Waals surface area (Å²) in [6.45, 7) is 7.93. The number of para-hydroxylation sites is 1. The van der Waals surface area contributed by atoms with Crippen LogP contribution in [0.25, 0.3) is 33.1 Å². The van der Waals surface area contributed by atoms with Crippen LogP contribution in [0.4, 0.5) is 34.6 Å². The van der Waals surface area contributed by atoms with Crippen LogP contribution in [0.2, 0.25) is 0 Å². The Bertz CT molecular complexity index is 2000. The van der Waals surface area contributed by atoms with E-state index in [2.05, 4.69) is 0 Å². The predicted molar refractivity (Wildman–Crippen MR) is 169 cm³/mol. The average molecular weight is 609 g/mol. The topological polar surface area (TPSA) is 34.8 Å². The van der Waals surface area contributed by atoms with Crippen molar-refractivity contribution in [2.24, 2.45) is 0 Å². The standard InChI is InChI=1S/C36H28BF4NO3/c1-35(2)36(3,4)45-37(44-35)22-9-7-8-21(12-22)31-19-29(20-32-30-10-5-6-11-33(30)43-34(31)32)42(27-15-23(38)13-24(39)16-27)28-17-25(40)14-26(41)18-28/h5-20H,1-4H3. The van der Waals surface area contributed by atoms with Crippen LogP contribution in [0.15, 0.2) is 101 Å². The lowest BCUT2D eigenvalue weighted by Gasteiger charge is -2.32. The van der Waals surface area contributed by atoms with Gasteiger partial charge < -0.3 is 18.6 Å². The average Bonchev–Trinajstić information content (AvgIpc) is 3.44. The molecule has 226 valence electrons. The Morgan fingerprint density at radius 3 is 1.73 bits per heavy atom. The molecule has 0 saturated carbocycles. The van der Waals surface area contributed by atoms with E-state index in [0.29, 0.717) is 27.8 Å². The molecule has 0 bridgehead atoms. The molecule has 0 spiro atoms. The Morgan fingerprint density at radius 2 is 1.13 bits per heavy atom. The number of benzene rings is 5. The van der Waals surface area contributed by atoms with Gasteiger partial charge in [0.25, 0.3) is 0 Å². The predicted octanol–water partition coefficient (Wildman–Crippen LogP) is 9.58. The molecule has 0 aliphatic carbocycles. The van der Waals surface area contributed by atoms with Gasteiger partial charge in [-0.2, -0.15) is 0 Å². The molecule has 6 aromatic rings. The van der Waals surface area contributed by atoms with Crippen LogP contribution in [0.5, 0.6) is 0 Å². The van der Waals surface area contributed by atoms with Crippen molar-refractivity contribution in [1.29, 1.82) is 0 Å². The first-order valence-electron chi connectivity index (χ1n) is 14.5. The van der Waals surface area contributed by atoms with E-state index in [1.54, 1.807) is 12.1 Å². The van der Waals surface area contributed by atoms with E-state index >= 15 is 0 Å². The van der Waals surface area contributed by atoms with Crippen LogP contribution >= 0.6 is 0 Å².